The predicted molar refractivity (Wildman–Crippen MR) is 41.2 cm³/mol. The van der Waals surface area contributed by atoms with Crippen LogP contribution in [0, 0.1) is 0 Å². The van der Waals surface area contributed by atoms with Crippen LogP contribution in [-0.2, 0) is 0 Å². The summed E-state index contributed by atoms with van der Waals surface area (Å²) in [6, 6.07) is 9.15. The van der Waals surface area contributed by atoms with E-state index in [1.54, 1.807) is 12.1 Å². The summed E-state index contributed by atoms with van der Waals surface area (Å²) in [6.45, 7) is 0. The van der Waals surface area contributed by atoms with Gasteiger partial charge in [0, 0.05) is 11.8 Å². The Labute approximate surface area is 59.6 Å². The summed E-state index contributed by atoms with van der Waals surface area (Å²) < 4.78 is 0. The number of benzene rings is 1. The zero-order chi connectivity index (χ0) is 7.40. The third-order valence-corrected chi connectivity index (χ3v) is 1.23. The lowest BCUT2D eigenvalue weighted by molar-refractivity contribution is 0.510. The monoisotopic (exact) mass is 135 g/mol. The van der Waals surface area contributed by atoms with Crippen LogP contribution in [0.4, 0.5) is 0 Å². The van der Waals surface area contributed by atoms with Crippen molar-refractivity contribution in [2.45, 2.75) is 0 Å². The number of hydrogen-bond donors (Lipinski definition) is 2. The first-order chi connectivity index (χ1) is 4.84. The van der Waals surface area contributed by atoms with Gasteiger partial charge in [-0.15, -0.1) is 0 Å². The maximum absolute atomic E-state index is 9.07. The molecule has 0 unspecified atom stereocenters. The molecule has 0 bridgehead atoms. The molecule has 0 spiro atoms. The largest absolute Gasteiger partial charge is 0.506 e. The molecule has 0 aliphatic heterocycles. The van der Waals surface area contributed by atoms with Gasteiger partial charge in [-0.25, -0.2) is 0 Å². The Balaban J connectivity index is 2.96. The van der Waals surface area contributed by atoms with Crippen LogP contribution in [0.3, 0.4) is 0 Å². The Morgan fingerprint density at radius 2 is 1.90 bits per heavy atom. The number of rotatable bonds is 1. The summed E-state index contributed by atoms with van der Waals surface area (Å²) >= 11 is 0. The molecule has 52 valence electrons. The van der Waals surface area contributed by atoms with Crippen LogP contribution in [0.25, 0.3) is 5.76 Å². The van der Waals surface area contributed by atoms with Gasteiger partial charge in [-0.05, 0) is 0 Å². The molecule has 0 atom stereocenters. The molecule has 0 aliphatic rings. The molecule has 0 radical (unpaired) electrons. The average Bonchev–Trinajstić information content (AvgIpc) is 2.05. The van der Waals surface area contributed by atoms with E-state index in [0.717, 1.165) is 5.56 Å². The predicted octanol–water partition coefficient (Wildman–Crippen LogP) is 1.50. The van der Waals surface area contributed by atoms with E-state index in [0.29, 0.717) is 0 Å². The van der Waals surface area contributed by atoms with E-state index in [9.17, 15) is 0 Å². The van der Waals surface area contributed by atoms with E-state index in [-0.39, 0.29) is 5.76 Å². The summed E-state index contributed by atoms with van der Waals surface area (Å²) in [5.74, 6) is 0.112. The highest BCUT2D eigenvalue weighted by Gasteiger charge is 1.92. The van der Waals surface area contributed by atoms with E-state index in [1.807, 2.05) is 18.2 Å². The van der Waals surface area contributed by atoms with E-state index < -0.39 is 0 Å². The van der Waals surface area contributed by atoms with Crippen LogP contribution in [0.15, 0.2) is 36.5 Å². The van der Waals surface area contributed by atoms with Gasteiger partial charge >= 0.3 is 0 Å². The van der Waals surface area contributed by atoms with Gasteiger partial charge in [0.15, 0.2) is 0 Å². The summed E-state index contributed by atoms with van der Waals surface area (Å²) in [6.07, 6.45) is 1.18. The normalized spacial score (nSPS) is 11.4. The van der Waals surface area contributed by atoms with Gasteiger partial charge in [-0.3, -0.25) is 0 Å². The van der Waals surface area contributed by atoms with E-state index in [4.69, 9.17) is 10.8 Å². The van der Waals surface area contributed by atoms with Crippen LogP contribution in [0.1, 0.15) is 5.56 Å². The topological polar surface area (TPSA) is 46.2 Å². The van der Waals surface area contributed by atoms with Gasteiger partial charge in [-0.2, -0.15) is 0 Å². The van der Waals surface area contributed by atoms with Crippen molar-refractivity contribution in [3.63, 3.8) is 0 Å². The first-order valence-electron chi connectivity index (χ1n) is 3.01. The van der Waals surface area contributed by atoms with Crippen molar-refractivity contribution in [1.82, 2.24) is 0 Å². The molecule has 0 fully saturated rings. The van der Waals surface area contributed by atoms with Crippen molar-refractivity contribution < 1.29 is 5.11 Å². The molecule has 2 nitrogen and oxygen atoms in total. The Morgan fingerprint density at radius 1 is 1.30 bits per heavy atom. The van der Waals surface area contributed by atoms with Gasteiger partial charge in [-0.1, -0.05) is 30.3 Å². The van der Waals surface area contributed by atoms with Crippen molar-refractivity contribution in [1.29, 1.82) is 0 Å². The first kappa shape index (κ1) is 6.68. The minimum absolute atomic E-state index is 0.112. The lowest BCUT2D eigenvalue weighted by atomic mass is 10.2. The molecule has 0 aliphatic carbocycles. The molecule has 10 heavy (non-hydrogen) atoms. The minimum atomic E-state index is 0.112. The Kier molecular flexibility index (Phi) is 1.95. The maximum atomic E-state index is 9.07. The molecule has 0 heterocycles. The molecule has 0 amide bonds. The number of aliphatic hydroxyl groups excluding tert-OH is 1. The van der Waals surface area contributed by atoms with E-state index in [2.05, 4.69) is 0 Å². The number of nitrogens with two attached hydrogens (primary N) is 1. The second kappa shape index (κ2) is 2.92. The molecule has 1 aromatic rings. The SMILES string of the molecule is NC=C(O)c1ccccc1. The van der Waals surface area contributed by atoms with Crippen LogP contribution in [-0.4, -0.2) is 5.11 Å². The molecular formula is C8H9NO. The van der Waals surface area contributed by atoms with Gasteiger partial charge < -0.3 is 10.8 Å². The number of hydrogen-bond acceptors (Lipinski definition) is 2. The molecule has 0 saturated carbocycles. The average molecular weight is 135 g/mol. The first-order valence-corrected chi connectivity index (χ1v) is 3.01. The standard InChI is InChI=1S/C8H9NO/c9-6-8(10)7-4-2-1-3-5-7/h1-6,10H,9H2. The molecular weight excluding hydrogens is 126 g/mol. The highest BCUT2D eigenvalue weighted by molar-refractivity contribution is 5.57. The van der Waals surface area contributed by atoms with Crippen LogP contribution in [0.5, 0.6) is 0 Å². The maximum Gasteiger partial charge on any atom is 0.138 e. The Morgan fingerprint density at radius 3 is 2.40 bits per heavy atom. The Hall–Kier alpha value is -1.44. The minimum Gasteiger partial charge on any atom is -0.506 e. The lowest BCUT2D eigenvalue weighted by Crippen LogP contribution is -1.86. The molecule has 1 rings (SSSR count). The third kappa shape index (κ3) is 1.29. The molecule has 0 saturated heterocycles. The van der Waals surface area contributed by atoms with Gasteiger partial charge in [0.25, 0.3) is 0 Å². The summed E-state index contributed by atoms with van der Waals surface area (Å²) in [5, 5.41) is 9.07. The molecule has 1 aromatic carbocycles. The summed E-state index contributed by atoms with van der Waals surface area (Å²) in [7, 11) is 0. The fourth-order valence-electron chi connectivity index (χ4n) is 0.705. The summed E-state index contributed by atoms with van der Waals surface area (Å²) in [5.41, 5.74) is 5.83. The molecule has 2 heteroatoms. The van der Waals surface area contributed by atoms with Crippen LogP contribution >= 0.6 is 0 Å². The van der Waals surface area contributed by atoms with Crippen molar-refractivity contribution in [2.75, 3.05) is 0 Å². The van der Waals surface area contributed by atoms with Crippen molar-refractivity contribution in [3.05, 3.63) is 42.1 Å². The zero-order valence-corrected chi connectivity index (χ0v) is 5.49. The van der Waals surface area contributed by atoms with Crippen LogP contribution < -0.4 is 5.73 Å². The van der Waals surface area contributed by atoms with Crippen LogP contribution in [0.2, 0.25) is 0 Å². The zero-order valence-electron chi connectivity index (χ0n) is 5.49. The fourth-order valence-corrected chi connectivity index (χ4v) is 0.705. The van der Waals surface area contributed by atoms with E-state index in [1.165, 1.54) is 6.20 Å². The quantitative estimate of drug-likeness (QED) is 0.573. The van der Waals surface area contributed by atoms with Gasteiger partial charge in [0.1, 0.15) is 5.76 Å². The van der Waals surface area contributed by atoms with E-state index >= 15 is 0 Å². The Bertz CT molecular complexity index is 228. The highest BCUT2D eigenvalue weighted by atomic mass is 16.3. The second-order valence-electron chi connectivity index (χ2n) is 1.92. The smallest absolute Gasteiger partial charge is 0.138 e. The molecule has 0 aromatic heterocycles. The van der Waals surface area contributed by atoms with Crippen molar-refractivity contribution in [2.24, 2.45) is 5.73 Å². The van der Waals surface area contributed by atoms with Crippen molar-refractivity contribution in [3.8, 4) is 0 Å². The third-order valence-electron chi connectivity index (χ3n) is 1.23. The van der Waals surface area contributed by atoms with Crippen molar-refractivity contribution >= 4 is 5.76 Å². The summed E-state index contributed by atoms with van der Waals surface area (Å²) in [4.78, 5) is 0. The fraction of sp³-hybridized carbons (Fsp3) is 0. The molecule has 3 N–H and O–H groups in total. The second-order valence-corrected chi connectivity index (χ2v) is 1.92. The van der Waals surface area contributed by atoms with Gasteiger partial charge in [0.05, 0.1) is 0 Å². The lowest BCUT2D eigenvalue weighted by Gasteiger charge is -1.95. The van der Waals surface area contributed by atoms with Gasteiger partial charge in [0.2, 0.25) is 0 Å². The highest BCUT2D eigenvalue weighted by Crippen LogP contribution is 2.07. The number of aliphatic hydroxyl groups is 1.